The van der Waals surface area contributed by atoms with Gasteiger partial charge in [-0.1, -0.05) is 24.6 Å². The third kappa shape index (κ3) is 3.37. The van der Waals surface area contributed by atoms with Crippen LogP contribution >= 0.6 is 11.6 Å². The molecule has 3 N–H and O–H groups in total. The fourth-order valence-corrected chi connectivity index (χ4v) is 2.07. The van der Waals surface area contributed by atoms with E-state index >= 15 is 0 Å². The second-order valence-corrected chi connectivity index (χ2v) is 4.47. The number of anilines is 1. The predicted octanol–water partition coefficient (Wildman–Crippen LogP) is 2.70. The average Bonchev–Trinajstić information content (AvgIpc) is 2.35. The van der Waals surface area contributed by atoms with Crippen molar-refractivity contribution in [2.75, 3.05) is 5.32 Å². The van der Waals surface area contributed by atoms with Crippen LogP contribution in [0.3, 0.4) is 0 Å². The van der Waals surface area contributed by atoms with Crippen molar-refractivity contribution in [3.05, 3.63) is 34.1 Å². The van der Waals surface area contributed by atoms with Crippen molar-refractivity contribution >= 4 is 28.9 Å². The molecule has 0 aromatic heterocycles. The van der Waals surface area contributed by atoms with Gasteiger partial charge in [-0.05, 0) is 25.0 Å². The summed E-state index contributed by atoms with van der Waals surface area (Å²) in [6, 6.07) is 2.01. The minimum absolute atomic E-state index is 0.317. The van der Waals surface area contributed by atoms with E-state index in [2.05, 4.69) is 10.2 Å². The number of aliphatic hydroxyl groups is 1. The Balaban J connectivity index is 3.18. The normalized spacial score (nSPS) is 13.4. The molecule has 0 aliphatic heterocycles. The second kappa shape index (κ2) is 6.41. The van der Waals surface area contributed by atoms with Crippen molar-refractivity contribution in [2.24, 2.45) is 0 Å². The predicted molar refractivity (Wildman–Crippen MR) is 73.8 cm³/mol. The Morgan fingerprint density at radius 2 is 2.21 bits per heavy atom. The Morgan fingerprint density at radius 1 is 1.58 bits per heavy atom. The van der Waals surface area contributed by atoms with Gasteiger partial charge in [-0.3, -0.25) is 0 Å². The van der Waals surface area contributed by atoms with Crippen molar-refractivity contribution in [1.29, 1.82) is 0 Å². The van der Waals surface area contributed by atoms with E-state index in [1.54, 1.807) is 6.07 Å². The molecule has 0 spiro atoms. The van der Waals surface area contributed by atoms with Crippen LogP contribution in [0.15, 0.2) is 12.1 Å². The van der Waals surface area contributed by atoms with Gasteiger partial charge in [0.15, 0.2) is 6.04 Å². The van der Waals surface area contributed by atoms with Crippen molar-refractivity contribution in [1.82, 2.24) is 0 Å². The van der Waals surface area contributed by atoms with Gasteiger partial charge in [-0.2, -0.15) is 0 Å². The molecule has 2 atom stereocenters. The molecular formula is C13H15ClN2O3. The first-order valence-electron chi connectivity index (χ1n) is 5.78. The van der Waals surface area contributed by atoms with Gasteiger partial charge in [-0.25, -0.2) is 9.64 Å². The standard InChI is InChI=1S/C13H15ClN2O3/c1-4-8-9(5-6-10(15-3)11(8)14)16-12(7(2)17)13(18)19/h5-7,12,16-17H,4H2,1-2H3,(H,18,19)/t7?,12-/m1/s1. The molecule has 102 valence electrons. The van der Waals surface area contributed by atoms with Gasteiger partial charge in [-0.15, -0.1) is 0 Å². The zero-order valence-corrected chi connectivity index (χ0v) is 11.4. The molecule has 5 nitrogen and oxygen atoms in total. The van der Waals surface area contributed by atoms with Gasteiger partial charge in [0.1, 0.15) is 0 Å². The largest absolute Gasteiger partial charge is 0.480 e. The molecule has 0 bridgehead atoms. The number of hydrogen-bond donors (Lipinski definition) is 3. The third-order valence-corrected chi connectivity index (χ3v) is 3.18. The number of rotatable bonds is 5. The highest BCUT2D eigenvalue weighted by atomic mass is 35.5. The monoisotopic (exact) mass is 282 g/mol. The van der Waals surface area contributed by atoms with Crippen LogP contribution in [-0.2, 0) is 11.2 Å². The Kier molecular flexibility index (Phi) is 5.16. The third-order valence-electron chi connectivity index (χ3n) is 2.76. The summed E-state index contributed by atoms with van der Waals surface area (Å²) in [5.41, 5.74) is 1.52. The van der Waals surface area contributed by atoms with Crippen molar-refractivity contribution in [3.8, 4) is 0 Å². The zero-order chi connectivity index (χ0) is 14.6. The van der Waals surface area contributed by atoms with E-state index in [9.17, 15) is 9.90 Å². The molecule has 0 aliphatic rings. The van der Waals surface area contributed by atoms with E-state index in [0.717, 1.165) is 0 Å². The number of nitrogens with zero attached hydrogens (tertiary/aromatic N) is 1. The lowest BCUT2D eigenvalue weighted by Gasteiger charge is -2.21. The molecule has 0 saturated heterocycles. The van der Waals surface area contributed by atoms with Gasteiger partial charge in [0, 0.05) is 5.69 Å². The lowest BCUT2D eigenvalue weighted by molar-refractivity contribution is -0.140. The highest BCUT2D eigenvalue weighted by Gasteiger charge is 2.24. The van der Waals surface area contributed by atoms with Crippen LogP contribution in [-0.4, -0.2) is 28.3 Å². The van der Waals surface area contributed by atoms with E-state index in [1.165, 1.54) is 13.0 Å². The van der Waals surface area contributed by atoms with E-state index in [4.69, 9.17) is 23.3 Å². The van der Waals surface area contributed by atoms with Crippen molar-refractivity contribution in [2.45, 2.75) is 32.4 Å². The molecule has 1 aromatic rings. The van der Waals surface area contributed by atoms with Crippen LogP contribution in [0.2, 0.25) is 5.02 Å². The number of aliphatic hydroxyl groups excluding tert-OH is 1. The van der Waals surface area contributed by atoms with Crippen molar-refractivity contribution in [3.63, 3.8) is 0 Å². The molecule has 6 heteroatoms. The number of benzene rings is 1. The summed E-state index contributed by atoms with van der Waals surface area (Å²) in [6.07, 6.45) is -0.502. The first kappa shape index (κ1) is 15.3. The van der Waals surface area contributed by atoms with E-state index < -0.39 is 18.1 Å². The summed E-state index contributed by atoms with van der Waals surface area (Å²) in [7, 11) is 0. The van der Waals surface area contributed by atoms with Crippen LogP contribution in [0.25, 0.3) is 4.85 Å². The van der Waals surface area contributed by atoms with Crippen LogP contribution < -0.4 is 5.32 Å². The van der Waals surface area contributed by atoms with Crippen LogP contribution in [0.4, 0.5) is 11.4 Å². The number of nitrogens with one attached hydrogen (secondary N) is 1. The summed E-state index contributed by atoms with van der Waals surface area (Å²) in [4.78, 5) is 14.3. The van der Waals surface area contributed by atoms with E-state index in [-0.39, 0.29) is 0 Å². The Labute approximate surface area is 116 Å². The van der Waals surface area contributed by atoms with Gasteiger partial charge in [0.2, 0.25) is 5.69 Å². The highest BCUT2D eigenvalue weighted by molar-refractivity contribution is 6.34. The first-order valence-corrected chi connectivity index (χ1v) is 6.16. The van der Waals surface area contributed by atoms with E-state index in [1.807, 2.05) is 6.92 Å². The lowest BCUT2D eigenvalue weighted by Crippen LogP contribution is -2.39. The van der Waals surface area contributed by atoms with Gasteiger partial charge < -0.3 is 15.5 Å². The minimum atomic E-state index is -1.15. The lowest BCUT2D eigenvalue weighted by atomic mass is 10.1. The van der Waals surface area contributed by atoms with Crippen LogP contribution in [0.1, 0.15) is 19.4 Å². The summed E-state index contributed by atoms with van der Waals surface area (Å²) in [5, 5.41) is 21.6. The minimum Gasteiger partial charge on any atom is -0.480 e. The fraction of sp³-hybridized carbons (Fsp3) is 0.385. The maximum Gasteiger partial charge on any atom is 0.328 e. The molecule has 1 unspecified atom stereocenters. The average molecular weight is 283 g/mol. The molecule has 0 aliphatic carbocycles. The molecule has 1 rings (SSSR count). The molecule has 0 amide bonds. The quantitative estimate of drug-likeness (QED) is 0.726. The number of aliphatic carboxylic acids is 1. The molecular weight excluding hydrogens is 268 g/mol. The summed E-state index contributed by atoms with van der Waals surface area (Å²) >= 11 is 6.09. The topological polar surface area (TPSA) is 73.9 Å². The summed E-state index contributed by atoms with van der Waals surface area (Å²) < 4.78 is 0. The zero-order valence-electron chi connectivity index (χ0n) is 10.6. The summed E-state index contributed by atoms with van der Waals surface area (Å²) in [5.74, 6) is -1.15. The number of halogens is 1. The van der Waals surface area contributed by atoms with Gasteiger partial charge in [0.05, 0.1) is 17.7 Å². The fourth-order valence-electron chi connectivity index (χ4n) is 1.73. The number of carbonyl (C=O) groups is 1. The summed E-state index contributed by atoms with van der Waals surface area (Å²) in [6.45, 7) is 10.2. The molecule has 0 heterocycles. The van der Waals surface area contributed by atoms with Crippen LogP contribution in [0, 0.1) is 6.57 Å². The molecule has 19 heavy (non-hydrogen) atoms. The van der Waals surface area contributed by atoms with Gasteiger partial charge in [0.25, 0.3) is 0 Å². The maximum atomic E-state index is 11.0. The second-order valence-electron chi connectivity index (χ2n) is 4.09. The van der Waals surface area contributed by atoms with Crippen LogP contribution in [0.5, 0.6) is 0 Å². The molecule has 1 aromatic carbocycles. The molecule has 0 fully saturated rings. The first-order chi connectivity index (χ1) is 8.92. The molecule has 0 radical (unpaired) electrons. The van der Waals surface area contributed by atoms with Crippen molar-refractivity contribution < 1.29 is 15.0 Å². The number of hydrogen-bond acceptors (Lipinski definition) is 3. The van der Waals surface area contributed by atoms with Gasteiger partial charge >= 0.3 is 5.97 Å². The smallest absolute Gasteiger partial charge is 0.328 e. The maximum absolute atomic E-state index is 11.0. The highest BCUT2D eigenvalue weighted by Crippen LogP contribution is 2.34. The Morgan fingerprint density at radius 3 is 2.63 bits per heavy atom. The Hall–Kier alpha value is -1.77. The SMILES string of the molecule is [C-]#[N+]c1ccc(N[C@@H](C(=O)O)C(C)O)c(CC)c1Cl. The number of carboxylic acid groups (broad SMARTS) is 1. The Bertz CT molecular complexity index is 523. The van der Waals surface area contributed by atoms with E-state index in [0.29, 0.717) is 28.4 Å². The number of carboxylic acids is 1. The molecule has 0 saturated carbocycles.